The highest BCUT2D eigenvalue weighted by molar-refractivity contribution is 6.47. The van der Waals surface area contributed by atoms with Crippen molar-refractivity contribution in [1.82, 2.24) is 14.9 Å². The van der Waals surface area contributed by atoms with E-state index in [4.69, 9.17) is 4.74 Å². The van der Waals surface area contributed by atoms with Crippen molar-refractivity contribution in [2.24, 2.45) is 4.99 Å². The van der Waals surface area contributed by atoms with Crippen molar-refractivity contribution < 1.29 is 28.5 Å². The molecule has 2 aromatic rings. The predicted octanol–water partition coefficient (Wildman–Crippen LogP) is 1.57. The van der Waals surface area contributed by atoms with Gasteiger partial charge in [-0.1, -0.05) is 0 Å². The van der Waals surface area contributed by atoms with Gasteiger partial charge < -0.3 is 25.2 Å². The zero-order valence-corrected chi connectivity index (χ0v) is 18.2. The maximum absolute atomic E-state index is 13.9. The second-order valence-electron chi connectivity index (χ2n) is 8.21. The van der Waals surface area contributed by atoms with Gasteiger partial charge in [-0.25, -0.2) is 18.7 Å². The Hall–Kier alpha value is -3.18. The van der Waals surface area contributed by atoms with E-state index in [2.05, 4.69) is 20.3 Å². The number of likely N-dealkylation sites (N-methyl/N-ethyl adjacent to an activating group) is 1. The summed E-state index contributed by atoms with van der Waals surface area (Å²) in [6.07, 6.45) is -1.02. The highest BCUT2D eigenvalue weighted by atomic mass is 19.1. The van der Waals surface area contributed by atoms with Crippen LogP contribution >= 0.6 is 0 Å². The van der Waals surface area contributed by atoms with Gasteiger partial charge in [-0.3, -0.25) is 9.79 Å². The number of nitrogens with zero attached hydrogens (tertiary/aromatic N) is 4. The van der Waals surface area contributed by atoms with Crippen LogP contribution in [0.5, 0.6) is 5.75 Å². The maximum Gasteiger partial charge on any atom is 0.272 e. The summed E-state index contributed by atoms with van der Waals surface area (Å²) >= 11 is 0. The Bertz CT molecular complexity index is 1080. The average Bonchev–Trinajstić information content (AvgIpc) is 3.31. The van der Waals surface area contributed by atoms with Crippen LogP contribution in [0, 0.1) is 5.82 Å². The van der Waals surface area contributed by atoms with E-state index in [0.29, 0.717) is 35.5 Å². The molecule has 1 amide bonds. The molecule has 176 valence electrons. The predicted molar refractivity (Wildman–Crippen MR) is 115 cm³/mol. The first-order chi connectivity index (χ1) is 15.7. The van der Waals surface area contributed by atoms with Crippen molar-refractivity contribution >= 4 is 17.4 Å². The van der Waals surface area contributed by atoms with E-state index in [0.717, 1.165) is 6.07 Å². The number of hydrogen-bond donors (Lipinski definition) is 3. The van der Waals surface area contributed by atoms with Crippen molar-refractivity contribution in [3.63, 3.8) is 0 Å². The topological polar surface area (TPSA) is 120 Å². The van der Waals surface area contributed by atoms with Crippen LogP contribution < -0.4 is 10.1 Å². The number of ether oxygens (including phenoxy) is 1. The SMILES string of the molecule is CC(F)Oc1cc(F)cc(CN(C)C(=O)C2=NCc3ncnc(N[C@@H]4CC[C@@H](O)[C@H]4O)c32)c1. The lowest BCUT2D eigenvalue weighted by molar-refractivity contribution is -0.123. The van der Waals surface area contributed by atoms with E-state index in [1.54, 1.807) is 7.05 Å². The van der Waals surface area contributed by atoms with Gasteiger partial charge in [0.15, 0.2) is 0 Å². The molecule has 0 radical (unpaired) electrons. The highest BCUT2D eigenvalue weighted by Gasteiger charge is 2.36. The molecule has 9 nitrogen and oxygen atoms in total. The van der Waals surface area contributed by atoms with Gasteiger partial charge in [0.05, 0.1) is 36.1 Å². The molecule has 2 heterocycles. The number of rotatable bonds is 7. The van der Waals surface area contributed by atoms with E-state index in [1.807, 2.05) is 0 Å². The van der Waals surface area contributed by atoms with Crippen molar-refractivity contribution in [2.75, 3.05) is 12.4 Å². The molecule has 4 rings (SSSR count). The molecule has 0 bridgehead atoms. The molecular weight excluding hydrogens is 436 g/mol. The molecule has 3 N–H and O–H groups in total. The van der Waals surface area contributed by atoms with Gasteiger partial charge in [0.1, 0.15) is 29.4 Å². The van der Waals surface area contributed by atoms with Gasteiger partial charge in [0.2, 0.25) is 6.36 Å². The number of amides is 1. The number of fused-ring (bicyclic) bond motifs is 1. The number of aliphatic hydroxyl groups excluding tert-OH is 2. The Morgan fingerprint density at radius 3 is 2.79 bits per heavy atom. The molecule has 1 aromatic heterocycles. The number of aromatic nitrogens is 2. The number of aliphatic hydroxyl groups is 2. The fourth-order valence-corrected chi connectivity index (χ4v) is 4.09. The number of carbonyl (C=O) groups excluding carboxylic acids is 1. The van der Waals surface area contributed by atoms with Crippen LogP contribution in [0.15, 0.2) is 29.5 Å². The summed E-state index contributed by atoms with van der Waals surface area (Å²) < 4.78 is 32.0. The minimum atomic E-state index is -1.60. The zero-order chi connectivity index (χ0) is 23.7. The first-order valence-corrected chi connectivity index (χ1v) is 10.6. The minimum absolute atomic E-state index is 0.0293. The van der Waals surface area contributed by atoms with Crippen LogP contribution in [0.3, 0.4) is 0 Å². The van der Waals surface area contributed by atoms with Gasteiger partial charge in [-0.2, -0.15) is 0 Å². The molecule has 0 spiro atoms. The van der Waals surface area contributed by atoms with Gasteiger partial charge >= 0.3 is 0 Å². The van der Waals surface area contributed by atoms with Crippen molar-refractivity contribution in [1.29, 1.82) is 0 Å². The summed E-state index contributed by atoms with van der Waals surface area (Å²) in [6.45, 7) is 1.42. The maximum atomic E-state index is 13.9. The molecule has 1 aliphatic carbocycles. The Balaban J connectivity index is 1.52. The number of carbonyl (C=O) groups is 1. The van der Waals surface area contributed by atoms with E-state index in [1.165, 1.54) is 30.3 Å². The zero-order valence-electron chi connectivity index (χ0n) is 18.2. The smallest absolute Gasteiger partial charge is 0.272 e. The van der Waals surface area contributed by atoms with Crippen molar-refractivity contribution in [3.05, 3.63) is 47.2 Å². The van der Waals surface area contributed by atoms with Gasteiger partial charge in [-0.05, 0) is 30.5 Å². The number of nitrogens with one attached hydrogen (secondary N) is 1. The normalized spacial score (nSPS) is 22.5. The molecule has 4 atom stereocenters. The van der Waals surface area contributed by atoms with Crippen LogP contribution in [0.1, 0.15) is 36.6 Å². The summed E-state index contributed by atoms with van der Waals surface area (Å²) in [7, 11) is 1.54. The van der Waals surface area contributed by atoms with E-state index >= 15 is 0 Å². The number of benzene rings is 1. The third-order valence-electron chi connectivity index (χ3n) is 5.65. The fraction of sp³-hybridized carbons (Fsp3) is 0.455. The molecule has 33 heavy (non-hydrogen) atoms. The Morgan fingerprint density at radius 2 is 2.09 bits per heavy atom. The first-order valence-electron chi connectivity index (χ1n) is 10.6. The summed E-state index contributed by atoms with van der Waals surface area (Å²) in [6, 6.07) is 3.36. The van der Waals surface area contributed by atoms with E-state index < -0.39 is 36.3 Å². The van der Waals surface area contributed by atoms with Crippen molar-refractivity contribution in [2.45, 2.75) is 57.5 Å². The Labute approximate surface area is 189 Å². The summed E-state index contributed by atoms with van der Waals surface area (Å²) in [4.78, 5) is 27.3. The highest BCUT2D eigenvalue weighted by Crippen LogP contribution is 2.29. The third-order valence-corrected chi connectivity index (χ3v) is 5.65. The van der Waals surface area contributed by atoms with Crippen molar-refractivity contribution in [3.8, 4) is 5.75 Å². The number of hydrogen-bond acceptors (Lipinski definition) is 8. The molecule has 1 aliphatic heterocycles. The Morgan fingerprint density at radius 1 is 1.30 bits per heavy atom. The molecule has 11 heteroatoms. The summed E-state index contributed by atoms with van der Waals surface area (Å²) in [5.74, 6) is -0.648. The monoisotopic (exact) mass is 461 g/mol. The quantitative estimate of drug-likeness (QED) is 0.572. The van der Waals surface area contributed by atoms with Crippen LogP contribution in [-0.2, 0) is 17.9 Å². The molecule has 1 aromatic carbocycles. The molecule has 1 unspecified atom stereocenters. The number of alkyl halides is 1. The van der Waals surface area contributed by atoms with Crippen LogP contribution in [0.2, 0.25) is 0 Å². The van der Waals surface area contributed by atoms with Crippen LogP contribution in [0.4, 0.5) is 14.6 Å². The van der Waals surface area contributed by atoms with Gasteiger partial charge in [-0.15, -0.1) is 0 Å². The molecule has 2 aliphatic rings. The lowest BCUT2D eigenvalue weighted by Crippen LogP contribution is -2.36. The molecule has 1 fully saturated rings. The fourth-order valence-electron chi connectivity index (χ4n) is 4.09. The number of halogens is 2. The van der Waals surface area contributed by atoms with Crippen LogP contribution in [0.25, 0.3) is 0 Å². The minimum Gasteiger partial charge on any atom is -0.461 e. The van der Waals surface area contributed by atoms with Gasteiger partial charge in [0, 0.05) is 26.6 Å². The molecule has 0 saturated heterocycles. The Kier molecular flexibility index (Phi) is 6.52. The van der Waals surface area contributed by atoms with Gasteiger partial charge in [0.25, 0.3) is 5.91 Å². The average molecular weight is 461 g/mol. The first kappa shape index (κ1) is 23.0. The summed E-state index contributed by atoms with van der Waals surface area (Å²) in [5.41, 5.74) is 1.58. The number of aliphatic imine (C=N–C) groups is 1. The lowest BCUT2D eigenvalue weighted by atomic mass is 10.1. The second-order valence-corrected chi connectivity index (χ2v) is 8.21. The molecule has 1 saturated carbocycles. The molecular formula is C22H25F2N5O4. The second kappa shape index (κ2) is 9.36. The van der Waals surface area contributed by atoms with E-state index in [9.17, 15) is 23.8 Å². The lowest BCUT2D eigenvalue weighted by Gasteiger charge is -2.22. The number of anilines is 1. The van der Waals surface area contributed by atoms with Crippen LogP contribution in [-0.4, -0.2) is 68.4 Å². The largest absolute Gasteiger partial charge is 0.461 e. The van der Waals surface area contributed by atoms with E-state index in [-0.39, 0.29) is 24.6 Å². The summed E-state index contributed by atoms with van der Waals surface area (Å²) in [5, 5.41) is 23.1. The standard InChI is InChI=1S/C22H25F2N5O4/c1-11(23)33-14-6-12(5-13(24)7-14)9-29(2)22(32)19-18-16(8-25-19)26-10-27-21(18)28-15-3-4-17(30)20(15)31/h5-7,10-11,15,17,20,30-31H,3-4,8-9H2,1-2H3,(H,26,27,28)/t11?,15-,17-,20+/m1/s1. The third kappa shape index (κ3) is 4.93.